The van der Waals surface area contributed by atoms with E-state index in [1.807, 2.05) is 30.1 Å². The monoisotopic (exact) mass is 389 g/mol. The second-order valence-corrected chi connectivity index (χ2v) is 8.22. The summed E-state index contributed by atoms with van der Waals surface area (Å²) in [6.07, 6.45) is 2.99. The van der Waals surface area contributed by atoms with E-state index in [1.165, 1.54) is 16.7 Å². The number of nitriles is 1. The largest absolute Gasteiger partial charge is 0.454 e. The van der Waals surface area contributed by atoms with E-state index in [0.29, 0.717) is 17.9 Å². The van der Waals surface area contributed by atoms with Gasteiger partial charge in [0.25, 0.3) is 0 Å². The Morgan fingerprint density at radius 1 is 1.44 bits per heavy atom. The third kappa shape index (κ3) is 3.26. The first kappa shape index (κ1) is 19.5. The predicted molar refractivity (Wildman–Crippen MR) is 101 cm³/mol. The minimum absolute atomic E-state index is 0.162. The maximum absolute atomic E-state index is 13.1. The smallest absolute Gasteiger partial charge is 0.241 e. The SMILES string of the molecule is CSC(C)(C=O)N(C)C(=O)C1CC(C#N)C(c2ccc3c(c2)OCO3)N1C. The number of amides is 1. The summed E-state index contributed by atoms with van der Waals surface area (Å²) < 4.78 is 10.8. The van der Waals surface area contributed by atoms with Crippen molar-refractivity contribution in [2.45, 2.75) is 30.3 Å². The number of benzene rings is 1. The van der Waals surface area contributed by atoms with Crippen LogP contribution in [-0.4, -0.2) is 60.1 Å². The van der Waals surface area contributed by atoms with Crippen molar-refractivity contribution in [2.24, 2.45) is 5.92 Å². The van der Waals surface area contributed by atoms with Gasteiger partial charge in [0.05, 0.1) is 24.1 Å². The summed E-state index contributed by atoms with van der Waals surface area (Å²) in [5, 5.41) is 9.68. The highest BCUT2D eigenvalue weighted by molar-refractivity contribution is 8.00. The molecule has 144 valence electrons. The van der Waals surface area contributed by atoms with Crippen LogP contribution in [0, 0.1) is 17.2 Å². The minimum atomic E-state index is -0.934. The van der Waals surface area contributed by atoms with E-state index in [4.69, 9.17) is 9.47 Å². The Kier molecular flexibility index (Phi) is 5.36. The van der Waals surface area contributed by atoms with Gasteiger partial charge >= 0.3 is 0 Å². The van der Waals surface area contributed by atoms with Crippen molar-refractivity contribution in [2.75, 3.05) is 27.1 Å². The van der Waals surface area contributed by atoms with Gasteiger partial charge in [-0.25, -0.2) is 0 Å². The van der Waals surface area contributed by atoms with E-state index >= 15 is 0 Å². The van der Waals surface area contributed by atoms with Crippen LogP contribution < -0.4 is 9.47 Å². The summed E-state index contributed by atoms with van der Waals surface area (Å²) in [5.41, 5.74) is 0.911. The Balaban J connectivity index is 1.87. The summed E-state index contributed by atoms with van der Waals surface area (Å²) in [7, 11) is 3.48. The van der Waals surface area contributed by atoms with Crippen molar-refractivity contribution in [3.63, 3.8) is 0 Å². The Morgan fingerprint density at radius 3 is 2.78 bits per heavy atom. The molecule has 3 rings (SSSR count). The molecule has 0 N–H and O–H groups in total. The molecule has 0 aromatic heterocycles. The first-order valence-corrected chi connectivity index (χ1v) is 9.89. The molecule has 1 fully saturated rings. The fraction of sp³-hybridized carbons (Fsp3) is 0.526. The van der Waals surface area contributed by atoms with Crippen LogP contribution in [0.15, 0.2) is 18.2 Å². The van der Waals surface area contributed by atoms with E-state index in [-0.39, 0.29) is 24.7 Å². The standard InChI is InChI=1S/C19H23N3O4S/c1-19(10-23,27-4)22(3)18(24)14-7-13(9-20)17(21(14)2)12-5-6-15-16(8-12)26-11-25-15/h5-6,8,10,13-14,17H,7,11H2,1-4H3. The summed E-state index contributed by atoms with van der Waals surface area (Å²) >= 11 is 1.31. The Morgan fingerprint density at radius 2 is 2.15 bits per heavy atom. The van der Waals surface area contributed by atoms with E-state index < -0.39 is 10.9 Å². The molecule has 2 aliphatic rings. The van der Waals surface area contributed by atoms with Crippen LogP contribution in [-0.2, 0) is 9.59 Å². The lowest BCUT2D eigenvalue weighted by atomic mass is 9.94. The quantitative estimate of drug-likeness (QED) is 0.563. The number of hydrogen-bond acceptors (Lipinski definition) is 7. The van der Waals surface area contributed by atoms with Gasteiger partial charge in [-0.05, 0) is 44.3 Å². The lowest BCUT2D eigenvalue weighted by Gasteiger charge is -2.36. The topological polar surface area (TPSA) is 82.9 Å². The zero-order valence-electron chi connectivity index (χ0n) is 15.8. The van der Waals surface area contributed by atoms with Crippen LogP contribution in [0.1, 0.15) is 24.9 Å². The molecule has 0 aliphatic carbocycles. The molecular formula is C19H23N3O4S. The molecule has 4 unspecified atom stereocenters. The number of nitrogens with zero attached hydrogens (tertiary/aromatic N) is 3. The van der Waals surface area contributed by atoms with Crippen LogP contribution in [0.3, 0.4) is 0 Å². The molecule has 0 saturated carbocycles. The molecule has 8 heteroatoms. The van der Waals surface area contributed by atoms with Gasteiger partial charge in [0, 0.05) is 7.05 Å². The second-order valence-electron chi connectivity index (χ2n) is 6.98. The number of hydrogen-bond donors (Lipinski definition) is 0. The summed E-state index contributed by atoms with van der Waals surface area (Å²) in [6, 6.07) is 7.26. The number of rotatable bonds is 5. The molecule has 7 nitrogen and oxygen atoms in total. The lowest BCUT2D eigenvalue weighted by Crippen LogP contribution is -2.52. The molecule has 2 aliphatic heterocycles. The number of thioether (sulfide) groups is 1. The molecule has 1 amide bonds. The van der Waals surface area contributed by atoms with Crippen molar-refractivity contribution in [3.05, 3.63) is 23.8 Å². The normalized spacial score (nSPS) is 26.3. The molecule has 1 saturated heterocycles. The molecule has 27 heavy (non-hydrogen) atoms. The predicted octanol–water partition coefficient (Wildman–Crippen LogP) is 2.04. The van der Waals surface area contributed by atoms with Crippen LogP contribution in [0.5, 0.6) is 11.5 Å². The van der Waals surface area contributed by atoms with E-state index in [0.717, 1.165) is 11.8 Å². The summed E-state index contributed by atoms with van der Waals surface area (Å²) in [4.78, 5) is 27.1. The third-order valence-corrected chi connectivity index (χ3v) is 6.80. The average molecular weight is 389 g/mol. The number of carbonyl (C=O) groups excluding carboxylic acids is 2. The number of ether oxygens (including phenoxy) is 2. The molecular weight excluding hydrogens is 366 g/mol. The molecule has 1 aromatic carbocycles. The van der Waals surface area contributed by atoms with Gasteiger partial charge in [0.15, 0.2) is 17.8 Å². The Bertz CT molecular complexity index is 796. The van der Waals surface area contributed by atoms with Gasteiger partial charge in [-0.15, -0.1) is 11.8 Å². The molecule has 2 heterocycles. The van der Waals surface area contributed by atoms with Crippen molar-refractivity contribution in [1.29, 1.82) is 5.26 Å². The number of aldehydes is 1. The summed E-state index contributed by atoms with van der Waals surface area (Å²) in [5.74, 6) is 0.835. The maximum atomic E-state index is 13.1. The third-order valence-electron chi connectivity index (χ3n) is 5.61. The van der Waals surface area contributed by atoms with E-state index in [1.54, 1.807) is 20.2 Å². The first-order chi connectivity index (χ1) is 12.9. The average Bonchev–Trinajstić information content (AvgIpc) is 3.29. The number of fused-ring (bicyclic) bond motifs is 1. The Labute approximate surface area is 163 Å². The molecule has 0 bridgehead atoms. The van der Waals surface area contributed by atoms with Gasteiger partial charge in [0.2, 0.25) is 12.7 Å². The highest BCUT2D eigenvalue weighted by Crippen LogP contribution is 2.43. The molecule has 1 aromatic rings. The highest BCUT2D eigenvalue weighted by Gasteiger charge is 2.46. The van der Waals surface area contributed by atoms with Crippen molar-refractivity contribution >= 4 is 24.0 Å². The minimum Gasteiger partial charge on any atom is -0.454 e. The first-order valence-electron chi connectivity index (χ1n) is 8.66. The van der Waals surface area contributed by atoms with Crippen LogP contribution in [0.2, 0.25) is 0 Å². The fourth-order valence-electron chi connectivity index (χ4n) is 3.68. The maximum Gasteiger partial charge on any atom is 0.241 e. The van der Waals surface area contributed by atoms with E-state index in [2.05, 4.69) is 6.07 Å². The Hall–Kier alpha value is -2.24. The van der Waals surface area contributed by atoms with Crippen LogP contribution in [0.4, 0.5) is 0 Å². The highest BCUT2D eigenvalue weighted by atomic mass is 32.2. The van der Waals surface area contributed by atoms with Gasteiger partial charge < -0.3 is 14.4 Å². The zero-order valence-corrected chi connectivity index (χ0v) is 16.7. The fourth-order valence-corrected chi connectivity index (χ4v) is 4.14. The number of carbonyl (C=O) groups is 2. The van der Waals surface area contributed by atoms with Crippen molar-refractivity contribution in [3.8, 4) is 17.6 Å². The van der Waals surface area contributed by atoms with E-state index in [9.17, 15) is 14.9 Å². The van der Waals surface area contributed by atoms with Crippen LogP contribution >= 0.6 is 11.8 Å². The van der Waals surface area contributed by atoms with Crippen LogP contribution in [0.25, 0.3) is 0 Å². The summed E-state index contributed by atoms with van der Waals surface area (Å²) in [6.45, 7) is 1.90. The second kappa shape index (κ2) is 7.41. The van der Waals surface area contributed by atoms with Gasteiger partial charge in [0.1, 0.15) is 4.87 Å². The molecule has 4 atom stereocenters. The number of likely N-dealkylation sites (tertiary alicyclic amines) is 1. The van der Waals surface area contributed by atoms with Gasteiger partial charge in [-0.2, -0.15) is 5.26 Å². The molecule has 0 radical (unpaired) electrons. The van der Waals surface area contributed by atoms with Gasteiger partial charge in [-0.1, -0.05) is 6.07 Å². The lowest BCUT2D eigenvalue weighted by molar-refractivity contribution is -0.139. The molecule has 0 spiro atoms. The number of likely N-dealkylation sites (N-methyl/N-ethyl adjacent to an activating group) is 2. The zero-order chi connectivity index (χ0) is 19.8. The van der Waals surface area contributed by atoms with Crippen molar-refractivity contribution in [1.82, 2.24) is 9.80 Å². The van der Waals surface area contributed by atoms with Gasteiger partial charge in [-0.3, -0.25) is 14.5 Å². The van der Waals surface area contributed by atoms with Crippen molar-refractivity contribution < 1.29 is 19.1 Å².